The highest BCUT2D eigenvalue weighted by atomic mass is 32.2. The normalized spacial score (nSPS) is 18.5. The van der Waals surface area contributed by atoms with E-state index in [1.807, 2.05) is 4.90 Å². The Kier molecular flexibility index (Phi) is 4.33. The van der Waals surface area contributed by atoms with Gasteiger partial charge in [-0.25, -0.2) is 8.42 Å². The fraction of sp³-hybridized carbons (Fsp3) is 0.562. The van der Waals surface area contributed by atoms with Gasteiger partial charge in [0, 0.05) is 30.0 Å². The van der Waals surface area contributed by atoms with E-state index in [1.165, 1.54) is 12.1 Å². The van der Waals surface area contributed by atoms with E-state index in [0.717, 1.165) is 50.8 Å². The number of hydrogen-bond donors (Lipinski definition) is 0. The summed E-state index contributed by atoms with van der Waals surface area (Å²) in [6.45, 7) is 0. The van der Waals surface area contributed by atoms with Crippen LogP contribution in [0.15, 0.2) is 23.1 Å². The summed E-state index contributed by atoms with van der Waals surface area (Å²) in [6.07, 6.45) is 6.96. The minimum absolute atomic E-state index is 0.188. The maximum Gasteiger partial charge on any atom is 0.288 e. The molecule has 0 radical (unpaired) electrons. The maximum absolute atomic E-state index is 12.9. The van der Waals surface area contributed by atoms with Crippen LogP contribution in [0.1, 0.15) is 48.9 Å². The lowest BCUT2D eigenvalue weighted by atomic mass is 10.1. The Morgan fingerprint density at radius 1 is 1.17 bits per heavy atom. The van der Waals surface area contributed by atoms with Gasteiger partial charge in [0.05, 0.1) is 4.92 Å². The number of nitro groups is 1. The molecule has 0 unspecified atom stereocenters. The first-order valence-corrected chi connectivity index (χ1v) is 9.99. The first-order chi connectivity index (χ1) is 11.3. The van der Waals surface area contributed by atoms with Crippen molar-refractivity contribution in [2.45, 2.75) is 55.5 Å². The molecule has 0 N–H and O–H groups in total. The van der Waals surface area contributed by atoms with Crippen LogP contribution in [-0.2, 0) is 9.84 Å². The van der Waals surface area contributed by atoms with Gasteiger partial charge in [0.15, 0.2) is 9.84 Å². The molecule has 0 spiro atoms. The van der Waals surface area contributed by atoms with Gasteiger partial charge in [-0.2, -0.15) is 0 Å². The highest BCUT2D eigenvalue weighted by molar-refractivity contribution is 7.90. The van der Waals surface area contributed by atoms with E-state index >= 15 is 0 Å². The molecule has 0 saturated heterocycles. The third-order valence-electron chi connectivity index (χ3n) is 4.69. The van der Waals surface area contributed by atoms with Gasteiger partial charge in [-0.1, -0.05) is 12.8 Å². The lowest BCUT2D eigenvalue weighted by Crippen LogP contribution is -2.40. The first-order valence-electron chi connectivity index (χ1n) is 8.10. The Morgan fingerprint density at radius 2 is 1.75 bits per heavy atom. The van der Waals surface area contributed by atoms with E-state index in [4.69, 9.17) is 0 Å². The van der Waals surface area contributed by atoms with Crippen LogP contribution in [0.25, 0.3) is 0 Å². The molecule has 0 aliphatic heterocycles. The van der Waals surface area contributed by atoms with Crippen LogP contribution >= 0.6 is 0 Å². The molecular weight excluding hydrogens is 332 g/mol. The van der Waals surface area contributed by atoms with Crippen molar-refractivity contribution in [1.29, 1.82) is 0 Å². The Balaban J connectivity index is 1.97. The zero-order valence-corrected chi connectivity index (χ0v) is 14.3. The van der Waals surface area contributed by atoms with Crippen LogP contribution < -0.4 is 0 Å². The molecule has 0 bridgehead atoms. The summed E-state index contributed by atoms with van der Waals surface area (Å²) < 4.78 is 23.4. The number of nitrogens with zero attached hydrogens (tertiary/aromatic N) is 2. The van der Waals surface area contributed by atoms with Gasteiger partial charge in [-0.05, 0) is 37.8 Å². The Hall–Kier alpha value is -1.96. The number of nitro benzene ring substituents is 1. The minimum Gasteiger partial charge on any atom is -0.333 e. The zero-order valence-electron chi connectivity index (χ0n) is 13.5. The lowest BCUT2D eigenvalue weighted by molar-refractivity contribution is -0.387. The molecule has 2 fully saturated rings. The first kappa shape index (κ1) is 16.9. The SMILES string of the molecule is CS(=O)(=O)c1ccc(C(=O)N(C2CCCC2)C2CC2)cc1[N+](=O)[O-]. The molecule has 130 valence electrons. The van der Waals surface area contributed by atoms with Crippen molar-refractivity contribution in [2.24, 2.45) is 0 Å². The monoisotopic (exact) mass is 352 g/mol. The highest BCUT2D eigenvalue weighted by Crippen LogP contribution is 2.36. The summed E-state index contributed by atoms with van der Waals surface area (Å²) in [5.74, 6) is -0.229. The second-order valence-corrected chi connectivity index (χ2v) is 8.58. The molecule has 1 aromatic carbocycles. The molecule has 0 atom stereocenters. The molecule has 2 saturated carbocycles. The molecule has 7 nitrogen and oxygen atoms in total. The largest absolute Gasteiger partial charge is 0.333 e. The van der Waals surface area contributed by atoms with Crippen molar-refractivity contribution in [3.05, 3.63) is 33.9 Å². The van der Waals surface area contributed by atoms with Crippen LogP contribution in [0, 0.1) is 10.1 Å². The molecule has 2 aliphatic rings. The van der Waals surface area contributed by atoms with Crippen molar-refractivity contribution < 1.29 is 18.1 Å². The minimum atomic E-state index is -3.73. The molecule has 1 aromatic rings. The van der Waals surface area contributed by atoms with Gasteiger partial charge < -0.3 is 4.90 Å². The Labute approximate surface area is 140 Å². The van der Waals surface area contributed by atoms with Gasteiger partial charge in [0.2, 0.25) is 0 Å². The smallest absolute Gasteiger partial charge is 0.288 e. The van der Waals surface area contributed by atoms with Crippen molar-refractivity contribution in [1.82, 2.24) is 4.90 Å². The van der Waals surface area contributed by atoms with Gasteiger partial charge in [0.25, 0.3) is 11.6 Å². The lowest BCUT2D eigenvalue weighted by Gasteiger charge is -2.29. The average molecular weight is 352 g/mol. The fourth-order valence-electron chi connectivity index (χ4n) is 3.42. The predicted octanol–water partition coefficient (Wildman–Crippen LogP) is 2.55. The van der Waals surface area contributed by atoms with Crippen molar-refractivity contribution in [3.63, 3.8) is 0 Å². The van der Waals surface area contributed by atoms with Crippen molar-refractivity contribution >= 4 is 21.4 Å². The van der Waals surface area contributed by atoms with E-state index < -0.39 is 20.4 Å². The quantitative estimate of drug-likeness (QED) is 0.599. The summed E-state index contributed by atoms with van der Waals surface area (Å²) in [5.41, 5.74) is -0.349. The van der Waals surface area contributed by atoms with Gasteiger partial charge in [-0.3, -0.25) is 14.9 Å². The molecule has 2 aliphatic carbocycles. The van der Waals surface area contributed by atoms with Gasteiger partial charge in [-0.15, -0.1) is 0 Å². The van der Waals surface area contributed by atoms with E-state index in [2.05, 4.69) is 0 Å². The topological polar surface area (TPSA) is 97.6 Å². The molecule has 0 heterocycles. The Bertz CT molecular complexity index is 780. The van der Waals surface area contributed by atoms with E-state index in [9.17, 15) is 23.3 Å². The molecule has 24 heavy (non-hydrogen) atoms. The van der Waals surface area contributed by atoms with Crippen molar-refractivity contribution in [3.8, 4) is 0 Å². The highest BCUT2D eigenvalue weighted by Gasteiger charge is 2.39. The number of carbonyl (C=O) groups excluding carboxylic acids is 1. The number of hydrogen-bond acceptors (Lipinski definition) is 5. The number of benzene rings is 1. The standard InChI is InChI=1S/C16H20N2O5S/c1-24(22,23)15-9-6-11(10-14(15)18(20)21)16(19)17(13-7-8-13)12-4-2-3-5-12/h6,9-10,12-13H,2-5,7-8H2,1H3. The zero-order chi connectivity index (χ0) is 17.5. The number of carbonyl (C=O) groups is 1. The summed E-state index contributed by atoms with van der Waals surface area (Å²) >= 11 is 0. The van der Waals surface area contributed by atoms with Gasteiger partial charge >= 0.3 is 0 Å². The predicted molar refractivity (Wildman–Crippen MR) is 87.7 cm³/mol. The van der Waals surface area contributed by atoms with Gasteiger partial charge in [0.1, 0.15) is 4.90 Å². The van der Waals surface area contributed by atoms with E-state index in [-0.39, 0.29) is 28.4 Å². The van der Waals surface area contributed by atoms with E-state index in [0.29, 0.717) is 0 Å². The molecule has 0 aromatic heterocycles. The third kappa shape index (κ3) is 3.28. The molecule has 8 heteroatoms. The summed E-state index contributed by atoms with van der Waals surface area (Å²) in [5, 5.41) is 11.2. The van der Waals surface area contributed by atoms with E-state index in [1.54, 1.807) is 0 Å². The summed E-state index contributed by atoms with van der Waals surface area (Å²) in [4.78, 5) is 24.9. The maximum atomic E-state index is 12.9. The summed E-state index contributed by atoms with van der Waals surface area (Å²) in [6, 6.07) is 4.06. The fourth-order valence-corrected chi connectivity index (χ4v) is 4.25. The molecular formula is C16H20N2O5S. The van der Waals surface area contributed by atoms with Crippen LogP contribution in [0.2, 0.25) is 0 Å². The average Bonchev–Trinajstić information content (AvgIpc) is 3.20. The van der Waals surface area contributed by atoms with Crippen LogP contribution in [-0.4, -0.2) is 42.5 Å². The molecule has 1 amide bonds. The Morgan fingerprint density at radius 3 is 2.25 bits per heavy atom. The third-order valence-corrected chi connectivity index (χ3v) is 5.84. The second-order valence-electron chi connectivity index (χ2n) is 6.59. The van der Waals surface area contributed by atoms with Crippen molar-refractivity contribution in [2.75, 3.05) is 6.26 Å². The van der Waals surface area contributed by atoms with Crippen LogP contribution in [0.4, 0.5) is 5.69 Å². The van der Waals surface area contributed by atoms with Crippen LogP contribution in [0.5, 0.6) is 0 Å². The van der Waals surface area contributed by atoms with Crippen LogP contribution in [0.3, 0.4) is 0 Å². The number of amides is 1. The number of rotatable bonds is 5. The second kappa shape index (κ2) is 6.16. The summed E-state index contributed by atoms with van der Waals surface area (Å²) in [7, 11) is -3.73. The number of sulfone groups is 1. The molecule has 3 rings (SSSR count).